The van der Waals surface area contributed by atoms with Crippen LogP contribution in [0.15, 0.2) is 77.4 Å². The zero-order valence-electron chi connectivity index (χ0n) is 17.6. The standard InChI is InChI=1S/C24H28N2O3S/c1-19-13-14-22-21(18-19)24(2,3)23(26(22)16-9-17-30(27,28)29)12-7-8-15-25-20-10-5-4-6-11-20/h4-8,10-15,18H,9,16-17H2,1-3H3,(H,27,28,29)/b8-7+,23-12+,25-15?. The van der Waals surface area contributed by atoms with Crippen LogP contribution in [-0.4, -0.2) is 31.5 Å². The van der Waals surface area contributed by atoms with E-state index in [9.17, 15) is 8.42 Å². The van der Waals surface area contributed by atoms with Crippen molar-refractivity contribution in [1.82, 2.24) is 0 Å². The molecule has 0 spiro atoms. The maximum absolute atomic E-state index is 11.2. The molecule has 0 atom stereocenters. The van der Waals surface area contributed by atoms with E-state index < -0.39 is 10.1 Å². The Balaban J connectivity index is 1.86. The average Bonchev–Trinajstić information content (AvgIpc) is 2.88. The van der Waals surface area contributed by atoms with Crippen LogP contribution >= 0.6 is 0 Å². The van der Waals surface area contributed by atoms with Crippen molar-refractivity contribution >= 4 is 27.7 Å². The van der Waals surface area contributed by atoms with E-state index in [4.69, 9.17) is 4.55 Å². The highest BCUT2D eigenvalue weighted by Gasteiger charge is 2.39. The number of benzene rings is 2. The summed E-state index contributed by atoms with van der Waals surface area (Å²) in [7, 11) is -3.97. The van der Waals surface area contributed by atoms with Gasteiger partial charge < -0.3 is 4.90 Å². The van der Waals surface area contributed by atoms with Gasteiger partial charge in [0.15, 0.2) is 0 Å². The van der Waals surface area contributed by atoms with Gasteiger partial charge in [-0.2, -0.15) is 8.42 Å². The maximum atomic E-state index is 11.2. The number of hydrogen-bond donors (Lipinski definition) is 1. The van der Waals surface area contributed by atoms with Crippen molar-refractivity contribution in [2.24, 2.45) is 4.99 Å². The second-order valence-corrected chi connectivity index (χ2v) is 9.56. The maximum Gasteiger partial charge on any atom is 0.264 e. The number of aliphatic imine (C=N–C) groups is 1. The molecule has 1 heterocycles. The summed E-state index contributed by atoms with van der Waals surface area (Å²) < 4.78 is 31.4. The number of nitrogens with zero attached hydrogens (tertiary/aromatic N) is 2. The van der Waals surface area contributed by atoms with E-state index in [1.807, 2.05) is 42.5 Å². The third kappa shape index (κ3) is 5.26. The zero-order valence-corrected chi connectivity index (χ0v) is 18.4. The van der Waals surface area contributed by atoms with Crippen molar-refractivity contribution in [2.75, 3.05) is 17.2 Å². The van der Waals surface area contributed by atoms with E-state index in [-0.39, 0.29) is 11.2 Å². The van der Waals surface area contributed by atoms with E-state index >= 15 is 0 Å². The summed E-state index contributed by atoms with van der Waals surface area (Å²) in [6, 6.07) is 16.1. The molecule has 6 heteroatoms. The Bertz CT molecular complexity index is 1080. The minimum absolute atomic E-state index is 0.222. The Labute approximate surface area is 179 Å². The fraction of sp³-hybridized carbons (Fsp3) is 0.292. The van der Waals surface area contributed by atoms with Gasteiger partial charge in [-0.3, -0.25) is 9.55 Å². The smallest absolute Gasteiger partial charge is 0.264 e. The summed E-state index contributed by atoms with van der Waals surface area (Å²) in [5.41, 5.74) is 5.24. The largest absolute Gasteiger partial charge is 0.344 e. The Hall–Kier alpha value is -2.70. The van der Waals surface area contributed by atoms with E-state index in [1.54, 1.807) is 6.21 Å². The lowest BCUT2D eigenvalue weighted by Gasteiger charge is -2.27. The molecule has 0 saturated heterocycles. The average molecular weight is 425 g/mol. The van der Waals surface area contributed by atoms with Crippen molar-refractivity contribution in [2.45, 2.75) is 32.6 Å². The van der Waals surface area contributed by atoms with Crippen LogP contribution in [0.5, 0.6) is 0 Å². The number of aryl methyl sites for hydroxylation is 1. The molecule has 0 aromatic heterocycles. The Morgan fingerprint density at radius 2 is 1.83 bits per heavy atom. The highest BCUT2D eigenvalue weighted by atomic mass is 32.2. The SMILES string of the molecule is Cc1ccc2c(c1)C(C)(C)/C(=C\C=C\C=Nc1ccccc1)N2CCCS(=O)(=O)O. The molecular weight excluding hydrogens is 396 g/mol. The summed E-state index contributed by atoms with van der Waals surface area (Å²) in [5, 5.41) is 0. The predicted molar refractivity (Wildman–Crippen MR) is 124 cm³/mol. The Kier molecular flexibility index (Phi) is 6.58. The first-order valence-corrected chi connectivity index (χ1v) is 11.6. The van der Waals surface area contributed by atoms with Crippen molar-refractivity contribution in [3.8, 4) is 0 Å². The molecule has 1 N–H and O–H groups in total. The van der Waals surface area contributed by atoms with Crippen LogP contribution in [0, 0.1) is 6.92 Å². The number of allylic oxidation sites excluding steroid dienone is 4. The highest BCUT2D eigenvalue weighted by molar-refractivity contribution is 7.85. The van der Waals surface area contributed by atoms with Gasteiger partial charge in [0.2, 0.25) is 0 Å². The van der Waals surface area contributed by atoms with Crippen LogP contribution in [-0.2, 0) is 15.5 Å². The van der Waals surface area contributed by atoms with Crippen LogP contribution in [0.2, 0.25) is 0 Å². The van der Waals surface area contributed by atoms with Gasteiger partial charge in [0, 0.05) is 29.6 Å². The third-order valence-electron chi connectivity index (χ3n) is 5.26. The fourth-order valence-corrected chi connectivity index (χ4v) is 4.27. The highest BCUT2D eigenvalue weighted by Crippen LogP contribution is 2.48. The molecule has 2 aromatic carbocycles. The lowest BCUT2D eigenvalue weighted by atomic mass is 9.83. The normalized spacial score (nSPS) is 17.3. The quantitative estimate of drug-likeness (QED) is 0.489. The minimum atomic E-state index is -3.97. The van der Waals surface area contributed by atoms with Gasteiger partial charge in [-0.05, 0) is 49.3 Å². The summed E-state index contributed by atoms with van der Waals surface area (Å²) in [6.45, 7) is 6.93. The molecule has 0 bridgehead atoms. The fourth-order valence-electron chi connectivity index (χ4n) is 3.77. The summed E-state index contributed by atoms with van der Waals surface area (Å²) in [6.07, 6.45) is 8.01. The molecule has 0 saturated carbocycles. The molecule has 3 rings (SSSR count). The Morgan fingerprint density at radius 3 is 2.53 bits per heavy atom. The third-order valence-corrected chi connectivity index (χ3v) is 6.07. The van der Waals surface area contributed by atoms with Crippen LogP contribution in [0.1, 0.15) is 31.4 Å². The van der Waals surface area contributed by atoms with Crippen molar-refractivity contribution in [1.29, 1.82) is 0 Å². The lowest BCUT2D eigenvalue weighted by Crippen LogP contribution is -2.28. The van der Waals surface area contributed by atoms with Crippen LogP contribution in [0.4, 0.5) is 11.4 Å². The molecule has 0 unspecified atom stereocenters. The number of anilines is 1. The van der Waals surface area contributed by atoms with Gasteiger partial charge in [0.05, 0.1) is 11.4 Å². The van der Waals surface area contributed by atoms with E-state index in [1.165, 1.54) is 11.1 Å². The number of rotatable bonds is 7. The van der Waals surface area contributed by atoms with Gasteiger partial charge in [0.1, 0.15) is 0 Å². The van der Waals surface area contributed by atoms with Crippen molar-refractivity contribution in [3.63, 3.8) is 0 Å². The van der Waals surface area contributed by atoms with Crippen LogP contribution in [0.25, 0.3) is 0 Å². The molecular formula is C24H28N2O3S. The zero-order chi connectivity index (χ0) is 21.8. The first kappa shape index (κ1) is 22.0. The topological polar surface area (TPSA) is 70.0 Å². The Morgan fingerprint density at radius 1 is 1.10 bits per heavy atom. The molecule has 5 nitrogen and oxygen atoms in total. The first-order chi connectivity index (χ1) is 14.2. The number of para-hydroxylation sites is 1. The number of fused-ring (bicyclic) bond motifs is 1. The molecule has 158 valence electrons. The van der Waals surface area contributed by atoms with E-state index in [0.29, 0.717) is 13.0 Å². The van der Waals surface area contributed by atoms with Crippen molar-refractivity contribution < 1.29 is 13.0 Å². The van der Waals surface area contributed by atoms with E-state index in [2.05, 4.69) is 54.9 Å². The predicted octanol–water partition coefficient (Wildman–Crippen LogP) is 5.21. The molecule has 1 aliphatic heterocycles. The van der Waals surface area contributed by atoms with Gasteiger partial charge in [-0.25, -0.2) is 0 Å². The van der Waals surface area contributed by atoms with Crippen LogP contribution < -0.4 is 4.90 Å². The molecule has 0 fully saturated rings. The van der Waals surface area contributed by atoms with Crippen LogP contribution in [0.3, 0.4) is 0 Å². The van der Waals surface area contributed by atoms with Gasteiger partial charge in [-0.1, -0.05) is 55.8 Å². The summed E-state index contributed by atoms with van der Waals surface area (Å²) >= 11 is 0. The monoisotopic (exact) mass is 424 g/mol. The summed E-state index contributed by atoms with van der Waals surface area (Å²) in [4.78, 5) is 6.56. The van der Waals surface area contributed by atoms with E-state index in [0.717, 1.165) is 17.1 Å². The molecule has 0 aliphatic carbocycles. The second kappa shape index (κ2) is 8.98. The molecule has 2 aromatic rings. The number of hydrogen-bond acceptors (Lipinski definition) is 4. The second-order valence-electron chi connectivity index (χ2n) is 7.99. The van der Waals surface area contributed by atoms with Gasteiger partial charge in [0.25, 0.3) is 10.1 Å². The first-order valence-electron chi connectivity index (χ1n) is 9.99. The minimum Gasteiger partial charge on any atom is -0.344 e. The molecule has 0 amide bonds. The van der Waals surface area contributed by atoms with Gasteiger partial charge in [-0.15, -0.1) is 0 Å². The van der Waals surface area contributed by atoms with Gasteiger partial charge >= 0.3 is 0 Å². The molecule has 0 radical (unpaired) electrons. The summed E-state index contributed by atoms with van der Waals surface area (Å²) in [5.74, 6) is -0.252. The molecule has 30 heavy (non-hydrogen) atoms. The van der Waals surface area contributed by atoms with Crippen molar-refractivity contribution in [3.05, 3.63) is 83.6 Å². The molecule has 1 aliphatic rings. The lowest BCUT2D eigenvalue weighted by molar-refractivity contribution is 0.481.